The highest BCUT2D eigenvalue weighted by atomic mass is 16.3. The van der Waals surface area contributed by atoms with Gasteiger partial charge in [0.1, 0.15) is 0 Å². The average molecular weight is 213 g/mol. The van der Waals surface area contributed by atoms with Crippen LogP contribution < -0.4 is 10.6 Å². The Morgan fingerprint density at radius 3 is 2.67 bits per heavy atom. The van der Waals surface area contributed by atoms with Crippen LogP contribution in [0, 0.1) is 0 Å². The van der Waals surface area contributed by atoms with Gasteiger partial charge in [0.25, 0.3) is 0 Å². The average Bonchev–Trinajstić information content (AvgIpc) is 2.66. The molecule has 1 aliphatic carbocycles. The summed E-state index contributed by atoms with van der Waals surface area (Å²) in [6.45, 7) is 3.24. The molecule has 0 aromatic carbocycles. The first kappa shape index (κ1) is 10.7. The van der Waals surface area contributed by atoms with Crippen LogP contribution in [0.1, 0.15) is 19.3 Å². The molecule has 2 unspecified atom stereocenters. The highest BCUT2D eigenvalue weighted by Crippen LogP contribution is 2.18. The second-order valence-corrected chi connectivity index (χ2v) is 4.29. The van der Waals surface area contributed by atoms with Gasteiger partial charge in [0, 0.05) is 26.2 Å². The monoisotopic (exact) mass is 213 g/mol. The van der Waals surface area contributed by atoms with Crippen molar-refractivity contribution < 1.29 is 9.90 Å². The fourth-order valence-electron chi connectivity index (χ4n) is 2.23. The Kier molecular flexibility index (Phi) is 3.43. The van der Waals surface area contributed by atoms with Gasteiger partial charge in [-0.15, -0.1) is 0 Å². The first-order valence-electron chi connectivity index (χ1n) is 5.71. The van der Waals surface area contributed by atoms with Crippen LogP contribution in [0.25, 0.3) is 0 Å². The molecule has 5 heteroatoms. The van der Waals surface area contributed by atoms with Gasteiger partial charge in [0.15, 0.2) is 0 Å². The van der Waals surface area contributed by atoms with Crippen molar-refractivity contribution in [2.45, 2.75) is 31.4 Å². The Hall–Kier alpha value is -0.810. The molecule has 1 saturated carbocycles. The minimum absolute atomic E-state index is 0.0255. The van der Waals surface area contributed by atoms with Crippen molar-refractivity contribution in [3.05, 3.63) is 0 Å². The van der Waals surface area contributed by atoms with Crippen molar-refractivity contribution in [3.8, 4) is 0 Å². The quantitative estimate of drug-likeness (QED) is 0.551. The highest BCUT2D eigenvalue weighted by molar-refractivity contribution is 5.74. The van der Waals surface area contributed by atoms with E-state index < -0.39 is 0 Å². The van der Waals surface area contributed by atoms with E-state index in [0.29, 0.717) is 0 Å². The van der Waals surface area contributed by atoms with E-state index in [0.717, 1.165) is 45.4 Å². The second kappa shape index (κ2) is 4.81. The van der Waals surface area contributed by atoms with E-state index in [1.54, 1.807) is 0 Å². The van der Waals surface area contributed by atoms with Crippen molar-refractivity contribution in [3.63, 3.8) is 0 Å². The molecule has 0 bridgehead atoms. The number of amides is 2. The van der Waals surface area contributed by atoms with Gasteiger partial charge in [-0.1, -0.05) is 0 Å². The molecule has 1 aliphatic heterocycles. The lowest BCUT2D eigenvalue weighted by atomic mass is 10.2. The largest absolute Gasteiger partial charge is 0.391 e. The van der Waals surface area contributed by atoms with Crippen LogP contribution in [-0.4, -0.2) is 54.4 Å². The molecule has 1 saturated heterocycles. The van der Waals surface area contributed by atoms with E-state index in [9.17, 15) is 9.90 Å². The Morgan fingerprint density at radius 1 is 1.33 bits per heavy atom. The maximum Gasteiger partial charge on any atom is 0.317 e. The topological polar surface area (TPSA) is 64.6 Å². The van der Waals surface area contributed by atoms with Crippen LogP contribution >= 0.6 is 0 Å². The van der Waals surface area contributed by atoms with Crippen molar-refractivity contribution in [2.75, 3.05) is 26.2 Å². The molecule has 0 aromatic rings. The third-order valence-corrected chi connectivity index (χ3v) is 3.19. The van der Waals surface area contributed by atoms with Crippen molar-refractivity contribution in [1.29, 1.82) is 0 Å². The molecule has 2 rings (SSSR count). The maximum atomic E-state index is 11.8. The summed E-state index contributed by atoms with van der Waals surface area (Å²) in [6, 6.07) is -0.0603. The summed E-state index contributed by atoms with van der Waals surface area (Å²) in [7, 11) is 0. The minimum atomic E-state index is -0.350. The van der Waals surface area contributed by atoms with E-state index in [2.05, 4.69) is 10.6 Å². The third kappa shape index (κ3) is 2.60. The van der Waals surface area contributed by atoms with Crippen LogP contribution in [0.2, 0.25) is 0 Å². The number of aliphatic hydroxyl groups excluding tert-OH is 1. The summed E-state index contributed by atoms with van der Waals surface area (Å²) in [5.41, 5.74) is 0. The van der Waals surface area contributed by atoms with Crippen molar-refractivity contribution >= 4 is 6.03 Å². The molecule has 2 fully saturated rings. The molecule has 1 heterocycles. The highest BCUT2D eigenvalue weighted by Gasteiger charge is 2.28. The summed E-state index contributed by atoms with van der Waals surface area (Å²) in [4.78, 5) is 13.6. The van der Waals surface area contributed by atoms with E-state index >= 15 is 0 Å². The van der Waals surface area contributed by atoms with Gasteiger partial charge in [-0.05, 0) is 19.3 Å². The van der Waals surface area contributed by atoms with Crippen LogP contribution in [0.5, 0.6) is 0 Å². The summed E-state index contributed by atoms with van der Waals surface area (Å²) in [5, 5.41) is 15.7. The molecule has 5 nitrogen and oxygen atoms in total. The molecule has 3 N–H and O–H groups in total. The Morgan fingerprint density at radius 2 is 2.07 bits per heavy atom. The van der Waals surface area contributed by atoms with Crippen LogP contribution in [0.15, 0.2) is 0 Å². The van der Waals surface area contributed by atoms with Crippen LogP contribution in [0.4, 0.5) is 4.79 Å². The van der Waals surface area contributed by atoms with Gasteiger partial charge in [-0.2, -0.15) is 0 Å². The van der Waals surface area contributed by atoms with E-state index in [4.69, 9.17) is 0 Å². The first-order valence-corrected chi connectivity index (χ1v) is 5.71. The lowest BCUT2D eigenvalue weighted by Crippen LogP contribution is -2.53. The smallest absolute Gasteiger partial charge is 0.317 e. The third-order valence-electron chi connectivity index (χ3n) is 3.19. The summed E-state index contributed by atoms with van der Waals surface area (Å²) >= 11 is 0. The Labute approximate surface area is 89.8 Å². The van der Waals surface area contributed by atoms with Gasteiger partial charge in [0.05, 0.1) is 12.1 Å². The molecule has 2 amide bonds. The first-order chi connectivity index (χ1) is 7.27. The van der Waals surface area contributed by atoms with E-state index in [1.807, 2.05) is 4.90 Å². The molecule has 0 spiro atoms. The number of urea groups is 1. The number of carbonyl (C=O) groups excluding carboxylic acids is 1. The van der Waals surface area contributed by atoms with Crippen molar-refractivity contribution in [2.24, 2.45) is 0 Å². The van der Waals surface area contributed by atoms with E-state index in [1.165, 1.54) is 0 Å². The molecule has 2 atom stereocenters. The van der Waals surface area contributed by atoms with Gasteiger partial charge in [-0.3, -0.25) is 0 Å². The molecule has 0 radical (unpaired) electrons. The predicted octanol–water partition coefficient (Wildman–Crippen LogP) is -0.485. The molecule has 2 aliphatic rings. The van der Waals surface area contributed by atoms with Gasteiger partial charge < -0.3 is 20.6 Å². The number of piperazine rings is 1. The zero-order valence-electron chi connectivity index (χ0n) is 8.91. The maximum absolute atomic E-state index is 11.8. The number of carbonyl (C=O) groups is 1. The fourth-order valence-corrected chi connectivity index (χ4v) is 2.23. The zero-order chi connectivity index (χ0) is 10.7. The Bertz CT molecular complexity index is 229. The normalized spacial score (nSPS) is 31.7. The summed E-state index contributed by atoms with van der Waals surface area (Å²) in [6.07, 6.45) is 2.37. The summed E-state index contributed by atoms with van der Waals surface area (Å²) in [5.74, 6) is 0. The zero-order valence-corrected chi connectivity index (χ0v) is 8.91. The molecular formula is C10H19N3O2. The Balaban J connectivity index is 1.80. The van der Waals surface area contributed by atoms with Gasteiger partial charge in [-0.25, -0.2) is 4.79 Å². The molecular weight excluding hydrogens is 194 g/mol. The number of hydrogen-bond acceptors (Lipinski definition) is 3. The van der Waals surface area contributed by atoms with Crippen LogP contribution in [0.3, 0.4) is 0 Å². The lowest BCUT2D eigenvalue weighted by molar-refractivity contribution is 0.138. The van der Waals surface area contributed by atoms with E-state index in [-0.39, 0.29) is 18.2 Å². The minimum Gasteiger partial charge on any atom is -0.391 e. The second-order valence-electron chi connectivity index (χ2n) is 4.29. The lowest BCUT2D eigenvalue weighted by Gasteiger charge is -2.29. The van der Waals surface area contributed by atoms with Crippen molar-refractivity contribution in [1.82, 2.24) is 15.5 Å². The summed E-state index contributed by atoms with van der Waals surface area (Å²) < 4.78 is 0. The number of nitrogens with zero attached hydrogens (tertiary/aromatic N) is 1. The molecule has 86 valence electrons. The van der Waals surface area contributed by atoms with Crippen LogP contribution in [-0.2, 0) is 0 Å². The number of rotatable bonds is 1. The number of nitrogens with one attached hydrogen (secondary N) is 2. The standard InChI is InChI=1S/C10H19N3O2/c14-9-3-1-2-8(9)12-10(15)13-6-4-11-5-7-13/h8-9,11,14H,1-7H2,(H,12,15). The fraction of sp³-hybridized carbons (Fsp3) is 0.900. The molecule has 0 aromatic heterocycles. The van der Waals surface area contributed by atoms with Gasteiger partial charge >= 0.3 is 6.03 Å². The number of hydrogen-bond donors (Lipinski definition) is 3. The number of aliphatic hydroxyl groups is 1. The van der Waals surface area contributed by atoms with Gasteiger partial charge in [0.2, 0.25) is 0 Å². The molecule has 15 heavy (non-hydrogen) atoms. The SMILES string of the molecule is O=C(NC1CCCC1O)N1CCNCC1. The predicted molar refractivity (Wildman–Crippen MR) is 56.6 cm³/mol.